The molecule has 7 heteroatoms. The smallest absolute Gasteiger partial charge is 0.191 e. The van der Waals surface area contributed by atoms with Crippen LogP contribution in [-0.2, 0) is 12.0 Å². The van der Waals surface area contributed by atoms with Crippen molar-refractivity contribution in [2.75, 3.05) is 51.2 Å². The molecule has 1 aliphatic carbocycles. The standard InChI is InChI=1S/C24H33FN6/c1-3-26-23(29-18-24(8-9-24)20-5-4-6-21(25)16-20)28-17-19-7-10-27-22(15-19)31-13-11-30(2)12-14-31/h4-7,10,15-16H,3,8-9,11-14,17-18H2,1-2H3,(H2,26,28,29). The summed E-state index contributed by atoms with van der Waals surface area (Å²) in [5.74, 6) is 1.66. The van der Waals surface area contributed by atoms with E-state index in [0.29, 0.717) is 6.54 Å². The lowest BCUT2D eigenvalue weighted by molar-refractivity contribution is 0.312. The van der Waals surface area contributed by atoms with E-state index in [1.54, 1.807) is 12.1 Å². The summed E-state index contributed by atoms with van der Waals surface area (Å²) in [4.78, 5) is 14.0. The largest absolute Gasteiger partial charge is 0.357 e. The van der Waals surface area contributed by atoms with Gasteiger partial charge in [-0.15, -0.1) is 0 Å². The van der Waals surface area contributed by atoms with Crippen LogP contribution in [0.3, 0.4) is 0 Å². The molecule has 2 fully saturated rings. The van der Waals surface area contributed by atoms with Crippen LogP contribution in [0, 0.1) is 5.82 Å². The van der Waals surface area contributed by atoms with Gasteiger partial charge in [0.1, 0.15) is 11.6 Å². The minimum absolute atomic E-state index is 0.0174. The maximum Gasteiger partial charge on any atom is 0.191 e. The van der Waals surface area contributed by atoms with Crippen LogP contribution in [-0.4, -0.2) is 62.2 Å². The number of pyridine rings is 1. The first kappa shape index (κ1) is 21.6. The highest BCUT2D eigenvalue weighted by molar-refractivity contribution is 5.80. The Morgan fingerprint density at radius 2 is 1.94 bits per heavy atom. The summed E-state index contributed by atoms with van der Waals surface area (Å²) in [6.45, 7) is 8.33. The first-order valence-electron chi connectivity index (χ1n) is 11.2. The second-order valence-corrected chi connectivity index (χ2v) is 8.65. The van der Waals surface area contributed by atoms with Gasteiger partial charge in [-0.05, 0) is 62.2 Å². The summed E-state index contributed by atoms with van der Waals surface area (Å²) in [6, 6.07) is 11.2. The molecule has 1 aliphatic heterocycles. The second-order valence-electron chi connectivity index (χ2n) is 8.65. The number of aromatic nitrogens is 1. The molecule has 2 N–H and O–H groups in total. The molecule has 1 aromatic carbocycles. The van der Waals surface area contributed by atoms with Gasteiger partial charge in [-0.3, -0.25) is 0 Å². The molecule has 0 atom stereocenters. The molecule has 0 unspecified atom stereocenters. The van der Waals surface area contributed by atoms with E-state index in [1.165, 1.54) is 6.07 Å². The normalized spacial score (nSPS) is 18.7. The lowest BCUT2D eigenvalue weighted by atomic mass is 9.96. The number of nitrogens with zero attached hydrogens (tertiary/aromatic N) is 4. The minimum atomic E-state index is -0.168. The van der Waals surface area contributed by atoms with E-state index < -0.39 is 0 Å². The molecule has 2 heterocycles. The SMILES string of the molecule is CCNC(=NCc1ccnc(N2CCN(C)CC2)c1)NCC1(c2cccc(F)c2)CC1. The topological polar surface area (TPSA) is 55.8 Å². The molecular formula is C24H33FN6. The molecule has 0 radical (unpaired) electrons. The molecule has 4 rings (SSSR count). The fourth-order valence-electron chi connectivity index (χ4n) is 4.07. The maximum atomic E-state index is 13.7. The quantitative estimate of drug-likeness (QED) is 0.529. The van der Waals surface area contributed by atoms with Crippen LogP contribution in [0.4, 0.5) is 10.2 Å². The van der Waals surface area contributed by atoms with Crippen LogP contribution in [0.2, 0.25) is 0 Å². The Hall–Kier alpha value is -2.67. The Balaban J connectivity index is 1.39. The summed E-state index contributed by atoms with van der Waals surface area (Å²) < 4.78 is 13.7. The first-order chi connectivity index (χ1) is 15.1. The highest BCUT2D eigenvalue weighted by Gasteiger charge is 2.44. The van der Waals surface area contributed by atoms with Gasteiger partial charge in [-0.1, -0.05) is 12.1 Å². The zero-order valence-corrected chi connectivity index (χ0v) is 18.6. The van der Waals surface area contributed by atoms with E-state index in [1.807, 2.05) is 18.3 Å². The Kier molecular flexibility index (Phi) is 6.70. The van der Waals surface area contributed by atoms with Gasteiger partial charge < -0.3 is 20.4 Å². The van der Waals surface area contributed by atoms with Crippen molar-refractivity contribution in [2.24, 2.45) is 4.99 Å². The van der Waals surface area contributed by atoms with Gasteiger partial charge in [-0.2, -0.15) is 0 Å². The molecule has 0 bridgehead atoms. The number of hydrogen-bond donors (Lipinski definition) is 2. The fourth-order valence-corrected chi connectivity index (χ4v) is 4.07. The van der Waals surface area contributed by atoms with Gasteiger partial charge in [0, 0.05) is 50.9 Å². The Bertz CT molecular complexity index is 902. The number of hydrogen-bond acceptors (Lipinski definition) is 4. The molecule has 0 amide bonds. The van der Waals surface area contributed by atoms with Crippen LogP contribution in [0.1, 0.15) is 30.9 Å². The van der Waals surface area contributed by atoms with Gasteiger partial charge >= 0.3 is 0 Å². The molecule has 1 aromatic heterocycles. The van der Waals surface area contributed by atoms with E-state index in [0.717, 1.165) is 75.0 Å². The number of likely N-dealkylation sites (N-methyl/N-ethyl adjacent to an activating group) is 1. The number of benzene rings is 1. The lowest BCUT2D eigenvalue weighted by Crippen LogP contribution is -2.44. The summed E-state index contributed by atoms with van der Waals surface area (Å²) in [5, 5.41) is 6.81. The van der Waals surface area contributed by atoms with E-state index in [-0.39, 0.29) is 11.2 Å². The molecule has 0 spiro atoms. The van der Waals surface area contributed by atoms with Crippen molar-refractivity contribution in [2.45, 2.75) is 31.7 Å². The third kappa shape index (κ3) is 5.53. The maximum absolute atomic E-state index is 13.7. The number of piperazine rings is 1. The van der Waals surface area contributed by atoms with Crippen LogP contribution < -0.4 is 15.5 Å². The fraction of sp³-hybridized carbons (Fsp3) is 0.500. The summed E-state index contributed by atoms with van der Waals surface area (Å²) in [6.07, 6.45) is 4.02. The van der Waals surface area contributed by atoms with Crippen LogP contribution in [0.25, 0.3) is 0 Å². The summed E-state index contributed by atoms with van der Waals surface area (Å²) in [5.41, 5.74) is 2.23. The highest BCUT2D eigenvalue weighted by atomic mass is 19.1. The van der Waals surface area contributed by atoms with E-state index in [9.17, 15) is 4.39 Å². The number of aliphatic imine (C=N–C) groups is 1. The number of halogens is 1. The van der Waals surface area contributed by atoms with E-state index in [2.05, 4.69) is 45.5 Å². The molecule has 6 nitrogen and oxygen atoms in total. The van der Waals surface area contributed by atoms with Gasteiger partial charge in [0.2, 0.25) is 0 Å². The van der Waals surface area contributed by atoms with Gasteiger partial charge in [0.15, 0.2) is 5.96 Å². The first-order valence-corrected chi connectivity index (χ1v) is 11.2. The zero-order chi connectivity index (χ0) is 21.7. The van der Waals surface area contributed by atoms with Crippen molar-refractivity contribution in [1.29, 1.82) is 0 Å². The number of nitrogens with one attached hydrogen (secondary N) is 2. The van der Waals surface area contributed by atoms with Crippen molar-refractivity contribution in [1.82, 2.24) is 20.5 Å². The Morgan fingerprint density at radius 3 is 2.65 bits per heavy atom. The van der Waals surface area contributed by atoms with Crippen molar-refractivity contribution in [3.63, 3.8) is 0 Å². The molecular weight excluding hydrogens is 391 g/mol. The van der Waals surface area contributed by atoms with Crippen LogP contribution in [0.5, 0.6) is 0 Å². The molecule has 1 saturated carbocycles. The highest BCUT2D eigenvalue weighted by Crippen LogP contribution is 2.47. The van der Waals surface area contributed by atoms with E-state index in [4.69, 9.17) is 4.99 Å². The van der Waals surface area contributed by atoms with Gasteiger partial charge in [0.05, 0.1) is 6.54 Å². The van der Waals surface area contributed by atoms with Gasteiger partial charge in [0.25, 0.3) is 0 Å². The molecule has 2 aromatic rings. The average molecular weight is 425 g/mol. The van der Waals surface area contributed by atoms with Crippen molar-refractivity contribution in [3.05, 3.63) is 59.5 Å². The molecule has 166 valence electrons. The molecule has 2 aliphatic rings. The number of rotatable bonds is 7. The third-order valence-corrected chi connectivity index (χ3v) is 6.29. The monoisotopic (exact) mass is 424 g/mol. The predicted octanol–water partition coefficient (Wildman–Crippen LogP) is 2.76. The molecule has 31 heavy (non-hydrogen) atoms. The van der Waals surface area contributed by atoms with Crippen molar-refractivity contribution >= 4 is 11.8 Å². The van der Waals surface area contributed by atoms with Gasteiger partial charge in [-0.25, -0.2) is 14.4 Å². The third-order valence-electron chi connectivity index (χ3n) is 6.29. The zero-order valence-electron chi connectivity index (χ0n) is 18.6. The van der Waals surface area contributed by atoms with Crippen molar-refractivity contribution in [3.8, 4) is 0 Å². The summed E-state index contributed by atoms with van der Waals surface area (Å²) in [7, 11) is 2.16. The number of guanidine groups is 1. The number of anilines is 1. The second kappa shape index (κ2) is 9.64. The lowest BCUT2D eigenvalue weighted by Gasteiger charge is -2.33. The average Bonchev–Trinajstić information content (AvgIpc) is 3.58. The predicted molar refractivity (Wildman–Crippen MR) is 124 cm³/mol. The van der Waals surface area contributed by atoms with E-state index >= 15 is 0 Å². The van der Waals surface area contributed by atoms with Crippen molar-refractivity contribution < 1.29 is 4.39 Å². The Labute approximate surface area is 184 Å². The summed E-state index contributed by atoms with van der Waals surface area (Å²) >= 11 is 0. The van der Waals surface area contributed by atoms with Crippen LogP contribution >= 0.6 is 0 Å². The Morgan fingerprint density at radius 1 is 1.13 bits per heavy atom. The molecule has 1 saturated heterocycles. The van der Waals surface area contributed by atoms with Crippen LogP contribution in [0.15, 0.2) is 47.6 Å². The minimum Gasteiger partial charge on any atom is -0.357 e.